The predicted octanol–water partition coefficient (Wildman–Crippen LogP) is 1.10. The van der Waals surface area contributed by atoms with Gasteiger partial charge in [0, 0.05) is 12.0 Å². The zero-order chi connectivity index (χ0) is 15.4. The van der Waals surface area contributed by atoms with E-state index in [1.807, 2.05) is 0 Å². The van der Waals surface area contributed by atoms with E-state index in [1.165, 1.54) is 0 Å². The summed E-state index contributed by atoms with van der Waals surface area (Å²) in [5, 5.41) is 0. The molecule has 0 amide bonds. The molecule has 21 heavy (non-hydrogen) atoms. The highest BCUT2D eigenvalue weighted by atomic mass is 16.1. The molecule has 7 heteroatoms. The monoisotopic (exact) mass is 290 g/mol. The van der Waals surface area contributed by atoms with Crippen LogP contribution in [-0.4, -0.2) is 26.0 Å². The van der Waals surface area contributed by atoms with E-state index in [4.69, 9.17) is 11.5 Å². The molecule has 114 valence electrons. The first-order valence-electron chi connectivity index (χ1n) is 7.31. The molecule has 0 aliphatic heterocycles. The third-order valence-corrected chi connectivity index (χ3v) is 5.23. The van der Waals surface area contributed by atoms with Crippen LogP contribution in [0.2, 0.25) is 0 Å². The van der Waals surface area contributed by atoms with Crippen molar-refractivity contribution in [1.82, 2.24) is 19.9 Å². The minimum absolute atomic E-state index is 0.00382. The highest BCUT2D eigenvalue weighted by molar-refractivity contribution is 5.70. The zero-order valence-electron chi connectivity index (χ0n) is 12.6. The van der Waals surface area contributed by atoms with E-state index < -0.39 is 0 Å². The molecule has 1 aliphatic carbocycles. The first-order valence-corrected chi connectivity index (χ1v) is 7.31. The van der Waals surface area contributed by atoms with E-state index in [9.17, 15) is 4.79 Å². The summed E-state index contributed by atoms with van der Waals surface area (Å²) in [7, 11) is 0. The number of H-pyrrole nitrogens is 2. The van der Waals surface area contributed by atoms with Crippen molar-refractivity contribution in [2.45, 2.75) is 45.6 Å². The fraction of sp³-hybridized carbons (Fsp3) is 0.643. The van der Waals surface area contributed by atoms with E-state index >= 15 is 0 Å². The second kappa shape index (κ2) is 4.56. The van der Waals surface area contributed by atoms with Crippen LogP contribution in [-0.2, 0) is 0 Å². The quantitative estimate of drug-likeness (QED) is 0.625. The molecule has 3 rings (SSSR count). The van der Waals surface area contributed by atoms with Gasteiger partial charge < -0.3 is 16.5 Å². The highest BCUT2D eigenvalue weighted by Crippen LogP contribution is 2.48. The highest BCUT2D eigenvalue weighted by Gasteiger charge is 2.43. The van der Waals surface area contributed by atoms with Crippen molar-refractivity contribution >= 4 is 17.1 Å². The fourth-order valence-electron chi connectivity index (χ4n) is 3.45. The molecule has 2 aromatic heterocycles. The number of nitrogens with one attached hydrogen (secondary N) is 2. The van der Waals surface area contributed by atoms with E-state index in [1.54, 1.807) is 0 Å². The Balaban J connectivity index is 2.08. The first kappa shape index (κ1) is 14.1. The van der Waals surface area contributed by atoms with Crippen LogP contribution in [0.4, 0.5) is 5.95 Å². The van der Waals surface area contributed by atoms with Gasteiger partial charge in [0.05, 0.1) is 0 Å². The lowest BCUT2D eigenvalue weighted by atomic mass is 9.61. The maximum atomic E-state index is 11.9. The Morgan fingerprint density at radius 2 is 1.95 bits per heavy atom. The molecule has 2 aromatic rings. The first-order chi connectivity index (χ1) is 9.80. The Bertz CT molecular complexity index is 731. The van der Waals surface area contributed by atoms with Crippen LogP contribution in [0.15, 0.2) is 4.79 Å². The molecule has 0 spiro atoms. The molecule has 0 saturated heterocycles. The molecule has 3 unspecified atom stereocenters. The van der Waals surface area contributed by atoms with Crippen LogP contribution in [0.25, 0.3) is 11.2 Å². The van der Waals surface area contributed by atoms with Crippen LogP contribution in [0.5, 0.6) is 0 Å². The Morgan fingerprint density at radius 3 is 2.67 bits per heavy atom. The molecule has 0 radical (unpaired) electrons. The van der Waals surface area contributed by atoms with Gasteiger partial charge in [-0.05, 0) is 24.2 Å². The maximum Gasteiger partial charge on any atom is 0.278 e. The lowest BCUT2D eigenvalue weighted by molar-refractivity contribution is 0.0954. The predicted molar refractivity (Wildman–Crippen MR) is 81.8 cm³/mol. The van der Waals surface area contributed by atoms with Crippen molar-refractivity contribution in [3.05, 3.63) is 16.2 Å². The largest absolute Gasteiger partial charge is 0.369 e. The molecule has 2 heterocycles. The number of imidazole rings is 1. The Morgan fingerprint density at radius 1 is 1.24 bits per heavy atom. The van der Waals surface area contributed by atoms with Gasteiger partial charge in [0.25, 0.3) is 5.56 Å². The number of nitrogen functional groups attached to an aromatic ring is 1. The van der Waals surface area contributed by atoms with Gasteiger partial charge in [0.2, 0.25) is 5.95 Å². The second-order valence-corrected chi connectivity index (χ2v) is 6.68. The van der Waals surface area contributed by atoms with E-state index in [2.05, 4.69) is 40.7 Å². The van der Waals surface area contributed by atoms with Crippen LogP contribution >= 0.6 is 0 Å². The number of hydrogen-bond donors (Lipinski definition) is 4. The van der Waals surface area contributed by atoms with Gasteiger partial charge in [-0.25, -0.2) is 4.98 Å². The van der Waals surface area contributed by atoms with Gasteiger partial charge in [0.15, 0.2) is 11.2 Å². The minimum atomic E-state index is -0.283. The van der Waals surface area contributed by atoms with Crippen molar-refractivity contribution < 1.29 is 0 Å². The third-order valence-electron chi connectivity index (χ3n) is 5.23. The number of hydrogen-bond acceptors (Lipinski definition) is 5. The number of nitrogens with two attached hydrogens (primary N) is 2. The maximum absolute atomic E-state index is 11.9. The molecule has 1 fully saturated rings. The van der Waals surface area contributed by atoms with E-state index in [0.29, 0.717) is 17.1 Å². The molecular formula is C14H22N6O. The van der Waals surface area contributed by atoms with Gasteiger partial charge in [-0.15, -0.1) is 0 Å². The number of aromatic amines is 2. The molecular weight excluding hydrogens is 268 g/mol. The molecule has 7 nitrogen and oxygen atoms in total. The molecule has 1 saturated carbocycles. The van der Waals surface area contributed by atoms with Gasteiger partial charge in [0.1, 0.15) is 5.82 Å². The minimum Gasteiger partial charge on any atom is -0.369 e. The standard InChI is InChI=1S/C14H22N6O/c1-6-8(15)5-4-7(14(6,2)3)10-17-9-11(18-10)19-13(16)20-12(9)21/h6-8H,4-5,15H2,1-3H3,(H4,16,17,18,19,20,21). The van der Waals surface area contributed by atoms with Gasteiger partial charge in [-0.1, -0.05) is 20.8 Å². The molecule has 6 N–H and O–H groups in total. The summed E-state index contributed by atoms with van der Waals surface area (Å²) in [4.78, 5) is 26.1. The van der Waals surface area contributed by atoms with Gasteiger partial charge in [-0.2, -0.15) is 4.98 Å². The van der Waals surface area contributed by atoms with Crippen molar-refractivity contribution in [2.75, 3.05) is 5.73 Å². The normalized spacial score (nSPS) is 28.9. The van der Waals surface area contributed by atoms with E-state index in [-0.39, 0.29) is 28.9 Å². The van der Waals surface area contributed by atoms with Crippen LogP contribution in [0.3, 0.4) is 0 Å². The summed E-state index contributed by atoms with van der Waals surface area (Å²) in [6, 6.07) is 0.206. The van der Waals surface area contributed by atoms with Crippen molar-refractivity contribution in [3.8, 4) is 0 Å². The Kier molecular flexibility index (Phi) is 3.05. The topological polar surface area (TPSA) is 126 Å². The summed E-state index contributed by atoms with van der Waals surface area (Å²) in [6.07, 6.45) is 1.91. The van der Waals surface area contributed by atoms with Crippen molar-refractivity contribution in [3.63, 3.8) is 0 Å². The number of nitrogens with zero attached hydrogens (tertiary/aromatic N) is 2. The molecule has 1 aliphatic rings. The lowest BCUT2D eigenvalue weighted by Crippen LogP contribution is -2.46. The van der Waals surface area contributed by atoms with Crippen molar-refractivity contribution in [1.29, 1.82) is 0 Å². The van der Waals surface area contributed by atoms with E-state index in [0.717, 1.165) is 18.7 Å². The smallest absolute Gasteiger partial charge is 0.278 e. The molecule has 0 bridgehead atoms. The molecule has 3 atom stereocenters. The summed E-state index contributed by atoms with van der Waals surface area (Å²) in [6.45, 7) is 6.60. The van der Waals surface area contributed by atoms with Gasteiger partial charge in [-0.3, -0.25) is 9.78 Å². The summed E-state index contributed by atoms with van der Waals surface area (Å²) >= 11 is 0. The van der Waals surface area contributed by atoms with Crippen LogP contribution in [0.1, 0.15) is 45.4 Å². The Hall–Kier alpha value is -1.89. The number of anilines is 1. The lowest BCUT2D eigenvalue weighted by Gasteiger charge is -2.46. The van der Waals surface area contributed by atoms with Crippen LogP contribution in [0, 0.1) is 11.3 Å². The fourth-order valence-corrected chi connectivity index (χ4v) is 3.45. The SMILES string of the molecule is CC1C(N)CCC(c2nc3nc(N)[nH]c(=O)c3[nH]2)C1(C)C. The summed E-state index contributed by atoms with van der Waals surface area (Å²) < 4.78 is 0. The Labute approximate surface area is 122 Å². The number of rotatable bonds is 1. The molecule has 0 aromatic carbocycles. The average molecular weight is 290 g/mol. The zero-order valence-corrected chi connectivity index (χ0v) is 12.6. The second-order valence-electron chi connectivity index (χ2n) is 6.68. The summed E-state index contributed by atoms with van der Waals surface area (Å²) in [5.74, 6) is 1.49. The average Bonchev–Trinajstić information content (AvgIpc) is 2.79. The number of aromatic nitrogens is 4. The van der Waals surface area contributed by atoms with Crippen LogP contribution < -0.4 is 17.0 Å². The van der Waals surface area contributed by atoms with Crippen molar-refractivity contribution in [2.24, 2.45) is 17.1 Å². The van der Waals surface area contributed by atoms with Gasteiger partial charge >= 0.3 is 0 Å². The number of fused-ring (bicyclic) bond motifs is 1. The third kappa shape index (κ3) is 2.12. The summed E-state index contributed by atoms with van der Waals surface area (Å²) in [5.41, 5.74) is 12.3.